The Morgan fingerprint density at radius 1 is 1.00 bits per heavy atom. The van der Waals surface area contributed by atoms with E-state index in [9.17, 15) is 8.42 Å². The molecule has 2 saturated carbocycles. The standard InChI is InChI=1S/C12H22ClNO2S/c13-12-8-4-1-5-10(12)9-14-17(15,16)11-6-2-3-7-11/h10-12,14H,1-9H2. The van der Waals surface area contributed by atoms with Crippen LogP contribution >= 0.6 is 11.6 Å². The molecule has 0 aromatic rings. The zero-order valence-electron chi connectivity index (χ0n) is 10.2. The number of hydrogen-bond acceptors (Lipinski definition) is 2. The molecule has 0 radical (unpaired) electrons. The highest BCUT2D eigenvalue weighted by atomic mass is 35.5. The molecule has 0 heterocycles. The van der Waals surface area contributed by atoms with Gasteiger partial charge in [0.1, 0.15) is 0 Å². The topological polar surface area (TPSA) is 46.2 Å². The second kappa shape index (κ2) is 5.89. The SMILES string of the molecule is O=S(=O)(NCC1CCCCC1Cl)C1CCCC1. The van der Waals surface area contributed by atoms with Gasteiger partial charge in [-0.05, 0) is 31.6 Å². The third-order valence-corrected chi connectivity index (χ3v) is 6.60. The molecule has 2 atom stereocenters. The lowest BCUT2D eigenvalue weighted by molar-refractivity contribution is 0.363. The first-order valence-electron chi connectivity index (χ1n) is 6.72. The first kappa shape index (κ1) is 13.6. The lowest BCUT2D eigenvalue weighted by Gasteiger charge is -2.27. The van der Waals surface area contributed by atoms with E-state index in [0.717, 1.165) is 38.5 Å². The van der Waals surface area contributed by atoms with Crippen molar-refractivity contribution in [3.05, 3.63) is 0 Å². The van der Waals surface area contributed by atoms with E-state index >= 15 is 0 Å². The van der Waals surface area contributed by atoms with Crippen LogP contribution in [0.3, 0.4) is 0 Å². The quantitative estimate of drug-likeness (QED) is 0.804. The van der Waals surface area contributed by atoms with Crippen LogP contribution < -0.4 is 4.72 Å². The summed E-state index contributed by atoms with van der Waals surface area (Å²) in [5.74, 6) is 0.321. The highest BCUT2D eigenvalue weighted by Crippen LogP contribution is 2.29. The van der Waals surface area contributed by atoms with Gasteiger partial charge in [0, 0.05) is 11.9 Å². The van der Waals surface area contributed by atoms with Crippen LogP contribution in [0.25, 0.3) is 0 Å². The summed E-state index contributed by atoms with van der Waals surface area (Å²) >= 11 is 6.24. The van der Waals surface area contributed by atoms with E-state index < -0.39 is 10.0 Å². The number of alkyl halides is 1. The van der Waals surface area contributed by atoms with Gasteiger partial charge in [-0.25, -0.2) is 13.1 Å². The Bertz CT molecular complexity index is 338. The fourth-order valence-electron chi connectivity index (χ4n) is 2.93. The smallest absolute Gasteiger partial charge is 0.214 e. The third-order valence-electron chi connectivity index (χ3n) is 4.10. The van der Waals surface area contributed by atoms with Gasteiger partial charge in [0.05, 0.1) is 5.25 Å². The maximum absolute atomic E-state index is 12.0. The molecule has 0 amide bonds. The van der Waals surface area contributed by atoms with E-state index in [2.05, 4.69) is 4.72 Å². The van der Waals surface area contributed by atoms with Gasteiger partial charge in [-0.3, -0.25) is 0 Å². The van der Waals surface area contributed by atoms with Crippen LogP contribution in [0.15, 0.2) is 0 Å². The molecular formula is C12H22ClNO2S. The van der Waals surface area contributed by atoms with Crippen molar-refractivity contribution in [1.29, 1.82) is 0 Å². The van der Waals surface area contributed by atoms with Crippen molar-refractivity contribution in [3.8, 4) is 0 Å². The molecule has 0 aliphatic heterocycles. The van der Waals surface area contributed by atoms with E-state index in [1.807, 2.05) is 0 Å². The Morgan fingerprint density at radius 3 is 2.24 bits per heavy atom. The van der Waals surface area contributed by atoms with Crippen molar-refractivity contribution in [3.63, 3.8) is 0 Å². The monoisotopic (exact) mass is 279 g/mol. The predicted molar refractivity (Wildman–Crippen MR) is 70.8 cm³/mol. The largest absolute Gasteiger partial charge is 0.215 e. The summed E-state index contributed by atoms with van der Waals surface area (Å²) in [6, 6.07) is 0. The van der Waals surface area contributed by atoms with Crippen molar-refractivity contribution in [2.75, 3.05) is 6.54 Å². The van der Waals surface area contributed by atoms with Crippen molar-refractivity contribution in [2.24, 2.45) is 5.92 Å². The van der Waals surface area contributed by atoms with Crippen LogP contribution in [-0.4, -0.2) is 25.6 Å². The molecule has 0 aromatic heterocycles. The Kier molecular flexibility index (Phi) is 4.72. The average Bonchev–Trinajstić information content (AvgIpc) is 2.82. The van der Waals surface area contributed by atoms with Crippen LogP contribution in [0.4, 0.5) is 0 Å². The fourth-order valence-corrected chi connectivity index (χ4v) is 4.94. The Balaban J connectivity index is 1.84. The minimum Gasteiger partial charge on any atom is -0.215 e. The molecule has 100 valence electrons. The molecule has 17 heavy (non-hydrogen) atoms. The normalized spacial score (nSPS) is 31.8. The molecule has 0 saturated heterocycles. The molecular weight excluding hydrogens is 258 g/mol. The average molecular weight is 280 g/mol. The summed E-state index contributed by atoms with van der Waals surface area (Å²) in [7, 11) is -3.09. The van der Waals surface area contributed by atoms with Gasteiger partial charge >= 0.3 is 0 Å². The van der Waals surface area contributed by atoms with Crippen LogP contribution in [0.1, 0.15) is 51.4 Å². The van der Waals surface area contributed by atoms with E-state index in [0.29, 0.717) is 12.5 Å². The molecule has 1 N–H and O–H groups in total. The summed E-state index contributed by atoms with van der Waals surface area (Å²) in [6.45, 7) is 0.535. The molecule has 0 aromatic carbocycles. The Labute approximate surface area is 109 Å². The zero-order valence-corrected chi connectivity index (χ0v) is 11.8. The van der Waals surface area contributed by atoms with E-state index in [-0.39, 0.29) is 10.6 Å². The first-order valence-corrected chi connectivity index (χ1v) is 8.70. The maximum atomic E-state index is 12.0. The van der Waals surface area contributed by atoms with Crippen LogP contribution in [0.5, 0.6) is 0 Å². The molecule has 0 bridgehead atoms. The number of halogens is 1. The number of sulfonamides is 1. The summed E-state index contributed by atoms with van der Waals surface area (Å²) in [5.41, 5.74) is 0. The molecule has 2 rings (SSSR count). The second-order valence-corrected chi connectivity index (χ2v) is 7.97. The molecule has 2 aliphatic rings. The van der Waals surface area contributed by atoms with Crippen LogP contribution in [0, 0.1) is 5.92 Å². The van der Waals surface area contributed by atoms with Gasteiger partial charge in [-0.2, -0.15) is 0 Å². The minimum atomic E-state index is -3.09. The third kappa shape index (κ3) is 3.58. The number of hydrogen-bond donors (Lipinski definition) is 1. The number of rotatable bonds is 4. The Hall–Kier alpha value is 0.200. The summed E-state index contributed by atoms with van der Waals surface area (Å²) in [5, 5.41) is -0.00473. The molecule has 2 aliphatic carbocycles. The van der Waals surface area contributed by atoms with E-state index in [1.165, 1.54) is 12.8 Å². The highest BCUT2D eigenvalue weighted by molar-refractivity contribution is 7.90. The van der Waals surface area contributed by atoms with Gasteiger partial charge < -0.3 is 0 Å². The number of nitrogens with one attached hydrogen (secondary N) is 1. The lowest BCUT2D eigenvalue weighted by atomic mass is 9.89. The van der Waals surface area contributed by atoms with Crippen molar-refractivity contribution < 1.29 is 8.42 Å². The minimum absolute atomic E-state index is 0.148. The molecule has 2 unspecified atom stereocenters. The van der Waals surface area contributed by atoms with Gasteiger partial charge in [0.2, 0.25) is 10.0 Å². The molecule has 3 nitrogen and oxygen atoms in total. The van der Waals surface area contributed by atoms with Crippen molar-refractivity contribution in [2.45, 2.75) is 62.0 Å². The van der Waals surface area contributed by atoms with E-state index in [1.54, 1.807) is 0 Å². The first-order chi connectivity index (χ1) is 8.09. The molecule has 0 spiro atoms. The summed E-state index contributed by atoms with van der Waals surface area (Å²) in [6.07, 6.45) is 8.19. The van der Waals surface area contributed by atoms with Gasteiger partial charge in [0.15, 0.2) is 0 Å². The molecule has 5 heteroatoms. The fraction of sp³-hybridized carbons (Fsp3) is 1.00. The highest BCUT2D eigenvalue weighted by Gasteiger charge is 2.30. The maximum Gasteiger partial charge on any atom is 0.214 e. The van der Waals surface area contributed by atoms with Gasteiger partial charge in [0.25, 0.3) is 0 Å². The summed E-state index contributed by atoms with van der Waals surface area (Å²) in [4.78, 5) is 0. The zero-order chi connectivity index (χ0) is 12.3. The second-order valence-electron chi connectivity index (χ2n) is 5.36. The van der Waals surface area contributed by atoms with Gasteiger partial charge in [-0.15, -0.1) is 11.6 Å². The van der Waals surface area contributed by atoms with Gasteiger partial charge in [-0.1, -0.05) is 25.7 Å². The van der Waals surface area contributed by atoms with E-state index in [4.69, 9.17) is 11.6 Å². The van der Waals surface area contributed by atoms with Crippen molar-refractivity contribution in [1.82, 2.24) is 4.72 Å². The Morgan fingerprint density at radius 2 is 1.59 bits per heavy atom. The van der Waals surface area contributed by atoms with Crippen LogP contribution in [-0.2, 0) is 10.0 Å². The summed E-state index contributed by atoms with van der Waals surface area (Å²) < 4.78 is 26.8. The van der Waals surface area contributed by atoms with Crippen LogP contribution in [0.2, 0.25) is 0 Å². The lowest BCUT2D eigenvalue weighted by Crippen LogP contribution is -2.38. The van der Waals surface area contributed by atoms with Crippen molar-refractivity contribution >= 4 is 21.6 Å². The molecule has 2 fully saturated rings. The predicted octanol–water partition coefficient (Wildman–Crippen LogP) is 2.65.